The molecule has 1 rings (SSSR count). The molecule has 0 N–H and O–H groups in total. The third-order valence-corrected chi connectivity index (χ3v) is 4.37. The van der Waals surface area contributed by atoms with Gasteiger partial charge in [0.1, 0.15) is 7.11 Å². The van der Waals surface area contributed by atoms with Crippen molar-refractivity contribution in [3.63, 3.8) is 0 Å². The normalized spacial score (nSPS) is 30.6. The summed E-state index contributed by atoms with van der Waals surface area (Å²) in [7, 11) is 1.64. The Balaban J connectivity index is 2.67. The monoisotopic (exact) mass is 229 g/mol. The molecule has 0 aromatic carbocycles. The van der Waals surface area contributed by atoms with Crippen LogP contribution in [-0.4, -0.2) is 24.3 Å². The zero-order valence-corrected chi connectivity index (χ0v) is 11.4. The summed E-state index contributed by atoms with van der Waals surface area (Å²) in [5, 5.41) is 4.71. The van der Waals surface area contributed by atoms with E-state index in [0.717, 1.165) is 12.3 Å². The molecule has 0 spiro atoms. The zero-order valence-electron chi connectivity index (χ0n) is 10.5. The van der Waals surface area contributed by atoms with Crippen LogP contribution in [0.1, 0.15) is 40.0 Å². The lowest BCUT2D eigenvalue weighted by molar-refractivity contribution is 0.193. The van der Waals surface area contributed by atoms with Gasteiger partial charge in [0.15, 0.2) is 0 Å². The Kier molecular flexibility index (Phi) is 4.50. The van der Waals surface area contributed by atoms with Crippen molar-refractivity contribution in [3.05, 3.63) is 0 Å². The Labute approximate surface area is 97.8 Å². The molecule has 3 heteroatoms. The molecule has 0 heterocycles. The molecule has 0 bridgehead atoms. The topological polar surface area (TPSA) is 21.6 Å². The molecule has 2 atom stereocenters. The number of hydrogen-bond donors (Lipinski definition) is 0. The van der Waals surface area contributed by atoms with Gasteiger partial charge in [0, 0.05) is 5.25 Å². The van der Waals surface area contributed by atoms with Gasteiger partial charge in [-0.05, 0) is 36.9 Å². The van der Waals surface area contributed by atoms with Crippen molar-refractivity contribution in [1.82, 2.24) is 0 Å². The van der Waals surface area contributed by atoms with Crippen molar-refractivity contribution in [2.24, 2.45) is 16.5 Å². The molecular weight excluding hydrogens is 206 g/mol. The highest BCUT2D eigenvalue weighted by molar-refractivity contribution is 7.99. The minimum atomic E-state index is 0.423. The van der Waals surface area contributed by atoms with E-state index in [1.165, 1.54) is 18.6 Å². The van der Waals surface area contributed by atoms with Crippen LogP contribution in [0.3, 0.4) is 0 Å². The van der Waals surface area contributed by atoms with E-state index in [-0.39, 0.29) is 0 Å². The lowest BCUT2D eigenvalue weighted by atomic mass is 9.72. The Hall–Kier alpha value is -0.180. The summed E-state index contributed by atoms with van der Waals surface area (Å²) in [6.45, 7) is 7.02. The molecule has 88 valence electrons. The first-order valence-electron chi connectivity index (χ1n) is 5.61. The molecule has 0 saturated heterocycles. The minimum Gasteiger partial charge on any atom is -0.399 e. The number of hydrogen-bond acceptors (Lipinski definition) is 3. The molecule has 0 aliphatic heterocycles. The molecule has 0 aromatic rings. The lowest BCUT2D eigenvalue weighted by Gasteiger charge is -2.37. The second-order valence-electron chi connectivity index (χ2n) is 5.33. The van der Waals surface area contributed by atoms with Crippen molar-refractivity contribution in [1.29, 1.82) is 0 Å². The first-order chi connectivity index (χ1) is 6.99. The largest absolute Gasteiger partial charge is 0.399 e. The van der Waals surface area contributed by atoms with Crippen LogP contribution in [0.2, 0.25) is 0 Å². The van der Waals surface area contributed by atoms with Crippen LogP contribution in [0, 0.1) is 11.3 Å². The fourth-order valence-electron chi connectivity index (χ4n) is 2.24. The smallest absolute Gasteiger partial charge is 0.106 e. The van der Waals surface area contributed by atoms with Crippen molar-refractivity contribution in [3.8, 4) is 0 Å². The van der Waals surface area contributed by atoms with Gasteiger partial charge in [-0.3, -0.25) is 0 Å². The van der Waals surface area contributed by atoms with Gasteiger partial charge in [-0.25, -0.2) is 0 Å². The Morgan fingerprint density at radius 3 is 2.53 bits per heavy atom. The van der Waals surface area contributed by atoms with E-state index in [1.807, 2.05) is 11.8 Å². The summed E-state index contributed by atoms with van der Waals surface area (Å²) >= 11 is 1.90. The summed E-state index contributed by atoms with van der Waals surface area (Å²) in [4.78, 5) is 4.91. The average Bonchev–Trinajstić information content (AvgIpc) is 2.17. The van der Waals surface area contributed by atoms with Crippen molar-refractivity contribution >= 4 is 17.5 Å². The maximum atomic E-state index is 4.91. The van der Waals surface area contributed by atoms with Gasteiger partial charge < -0.3 is 4.84 Å². The molecule has 0 amide bonds. The fraction of sp³-hybridized carbons (Fsp3) is 0.917. The minimum absolute atomic E-state index is 0.423. The molecule has 0 radical (unpaired) electrons. The van der Waals surface area contributed by atoms with Gasteiger partial charge in [0.05, 0.1) is 5.71 Å². The number of thioether (sulfide) groups is 1. The second kappa shape index (κ2) is 5.24. The SMILES string of the molecule is CO/N=C1\CC[C@@H](C(C)(C)C)C[C@H]1SC. The summed E-state index contributed by atoms with van der Waals surface area (Å²) < 4.78 is 0. The predicted octanol–water partition coefficient (Wildman–Crippen LogP) is 3.57. The zero-order chi connectivity index (χ0) is 11.5. The third kappa shape index (κ3) is 3.40. The summed E-state index contributed by atoms with van der Waals surface area (Å²) in [5.41, 5.74) is 1.66. The quantitative estimate of drug-likeness (QED) is 0.675. The third-order valence-electron chi connectivity index (χ3n) is 3.34. The fourth-order valence-corrected chi connectivity index (χ4v) is 3.09. The van der Waals surface area contributed by atoms with E-state index >= 15 is 0 Å². The van der Waals surface area contributed by atoms with E-state index in [2.05, 4.69) is 32.2 Å². The molecule has 1 saturated carbocycles. The first kappa shape index (κ1) is 12.9. The van der Waals surface area contributed by atoms with Crippen molar-refractivity contribution < 1.29 is 4.84 Å². The molecule has 0 aromatic heterocycles. The predicted molar refractivity (Wildman–Crippen MR) is 68.5 cm³/mol. The Bertz CT molecular complexity index is 232. The van der Waals surface area contributed by atoms with Crippen LogP contribution in [0.15, 0.2) is 5.16 Å². The van der Waals surface area contributed by atoms with Crippen LogP contribution in [0.25, 0.3) is 0 Å². The lowest BCUT2D eigenvalue weighted by Crippen LogP contribution is -2.33. The summed E-state index contributed by atoms with van der Waals surface area (Å²) in [6, 6.07) is 0. The number of nitrogens with zero attached hydrogens (tertiary/aromatic N) is 1. The number of oxime groups is 1. The molecule has 1 aliphatic rings. The molecule has 1 aliphatic carbocycles. The van der Waals surface area contributed by atoms with Gasteiger partial charge in [-0.2, -0.15) is 11.8 Å². The van der Waals surface area contributed by atoms with Crippen molar-refractivity contribution in [2.75, 3.05) is 13.4 Å². The number of rotatable bonds is 2. The standard InChI is InChI=1S/C12H23NOS/c1-12(2,3)9-6-7-10(13-14-4)11(8-9)15-5/h9,11H,6-8H2,1-5H3/b13-10+/t9-,11-/m1/s1. The molecular formula is C12H23NOS. The van der Waals surface area contributed by atoms with E-state index in [4.69, 9.17) is 4.84 Å². The highest BCUT2D eigenvalue weighted by Crippen LogP contribution is 2.39. The molecule has 2 nitrogen and oxygen atoms in total. The molecule has 0 unspecified atom stereocenters. The first-order valence-corrected chi connectivity index (χ1v) is 6.90. The van der Waals surface area contributed by atoms with Crippen LogP contribution in [0.5, 0.6) is 0 Å². The second-order valence-corrected chi connectivity index (χ2v) is 6.37. The van der Waals surface area contributed by atoms with Crippen LogP contribution in [-0.2, 0) is 4.84 Å². The molecule has 1 fully saturated rings. The molecule has 15 heavy (non-hydrogen) atoms. The summed E-state index contributed by atoms with van der Waals surface area (Å²) in [6.07, 6.45) is 5.76. The van der Waals surface area contributed by atoms with Gasteiger partial charge in [0.25, 0.3) is 0 Å². The maximum absolute atomic E-state index is 4.91. The van der Waals surface area contributed by atoms with Gasteiger partial charge in [-0.1, -0.05) is 25.9 Å². The highest BCUT2D eigenvalue weighted by atomic mass is 32.2. The Morgan fingerprint density at radius 2 is 2.07 bits per heavy atom. The van der Waals surface area contributed by atoms with Gasteiger partial charge >= 0.3 is 0 Å². The average molecular weight is 229 g/mol. The van der Waals surface area contributed by atoms with Crippen molar-refractivity contribution in [2.45, 2.75) is 45.3 Å². The van der Waals surface area contributed by atoms with E-state index in [0.29, 0.717) is 10.7 Å². The summed E-state index contributed by atoms with van der Waals surface area (Å²) in [5.74, 6) is 0.811. The van der Waals surface area contributed by atoms with E-state index in [1.54, 1.807) is 7.11 Å². The van der Waals surface area contributed by atoms with E-state index in [9.17, 15) is 0 Å². The van der Waals surface area contributed by atoms with Crippen LogP contribution in [0.4, 0.5) is 0 Å². The van der Waals surface area contributed by atoms with Gasteiger partial charge in [0.2, 0.25) is 0 Å². The Morgan fingerprint density at radius 1 is 1.40 bits per heavy atom. The van der Waals surface area contributed by atoms with Crippen LogP contribution >= 0.6 is 11.8 Å². The van der Waals surface area contributed by atoms with Gasteiger partial charge in [-0.15, -0.1) is 0 Å². The van der Waals surface area contributed by atoms with E-state index < -0.39 is 0 Å². The maximum Gasteiger partial charge on any atom is 0.106 e. The van der Waals surface area contributed by atoms with Crippen LogP contribution < -0.4 is 0 Å². The highest BCUT2D eigenvalue weighted by Gasteiger charge is 2.33.